The number of methoxy groups -OCH3 is 2. The fourth-order valence-corrected chi connectivity index (χ4v) is 5.27. The lowest BCUT2D eigenvalue weighted by atomic mass is 10.0. The molecule has 2 aromatic carbocycles. The zero-order chi connectivity index (χ0) is 35.3. The van der Waals surface area contributed by atoms with Gasteiger partial charge in [-0.05, 0) is 89.4 Å². The van der Waals surface area contributed by atoms with Crippen LogP contribution < -0.4 is 14.8 Å². The standard InChI is InChI=1S/C36H43FN4O7/c1-21-10-11-25(16-29(21)37)31(20-40-12-13-41(24(4)19-40)35(44)48-36(5,6)7)47-30-15-22(2)27(17-28(30)34(43)46-9)33(42)39-32-23(3)14-26(45-8)18-38-32/h10-11,14-18,20,24,31H,12-13,19H2,1-9H3/p+1/t24-,31-/m1/s1. The lowest BCUT2D eigenvalue weighted by Gasteiger charge is -2.33. The number of nitrogens with one attached hydrogen (secondary N) is 1. The maximum absolute atomic E-state index is 14.8. The monoisotopic (exact) mass is 663 g/mol. The van der Waals surface area contributed by atoms with E-state index < -0.39 is 29.4 Å². The number of benzene rings is 2. The molecule has 2 heterocycles. The predicted octanol–water partition coefficient (Wildman–Crippen LogP) is 6.04. The number of pyridine rings is 1. The third kappa shape index (κ3) is 8.67. The number of hydrogen-bond acceptors (Lipinski definition) is 8. The van der Waals surface area contributed by atoms with Gasteiger partial charge >= 0.3 is 12.1 Å². The van der Waals surface area contributed by atoms with Crippen molar-refractivity contribution in [3.05, 3.63) is 81.8 Å². The van der Waals surface area contributed by atoms with Gasteiger partial charge in [0.2, 0.25) is 0 Å². The highest BCUT2D eigenvalue weighted by atomic mass is 19.1. The summed E-state index contributed by atoms with van der Waals surface area (Å²) >= 11 is 0. The van der Waals surface area contributed by atoms with Crippen LogP contribution in [0.1, 0.15) is 76.8 Å². The first-order chi connectivity index (χ1) is 22.6. The molecule has 1 N–H and O–H groups in total. The van der Waals surface area contributed by atoms with Crippen molar-refractivity contribution in [2.75, 3.05) is 39.2 Å². The highest BCUT2D eigenvalue weighted by Gasteiger charge is 2.34. The lowest BCUT2D eigenvalue weighted by molar-refractivity contribution is -0.542. The number of esters is 1. The molecule has 1 aromatic heterocycles. The number of carbonyl (C=O) groups excluding carboxylic acids is 3. The van der Waals surface area contributed by atoms with Crippen LogP contribution in [0.3, 0.4) is 0 Å². The Labute approximate surface area is 280 Å². The van der Waals surface area contributed by atoms with Gasteiger partial charge in [-0.1, -0.05) is 12.1 Å². The van der Waals surface area contributed by atoms with Crippen LogP contribution in [-0.4, -0.2) is 84.1 Å². The van der Waals surface area contributed by atoms with Crippen molar-refractivity contribution >= 4 is 30.0 Å². The molecule has 1 aliphatic heterocycles. The second-order valence-corrected chi connectivity index (χ2v) is 12.9. The van der Waals surface area contributed by atoms with Crippen molar-refractivity contribution in [2.45, 2.75) is 66.2 Å². The molecule has 0 radical (unpaired) electrons. The van der Waals surface area contributed by atoms with E-state index >= 15 is 0 Å². The van der Waals surface area contributed by atoms with Crippen LogP contribution in [0.25, 0.3) is 0 Å². The molecule has 0 aliphatic carbocycles. The quantitative estimate of drug-likeness (QED) is 0.229. The highest BCUT2D eigenvalue weighted by Crippen LogP contribution is 2.30. The molecule has 256 valence electrons. The van der Waals surface area contributed by atoms with E-state index in [1.807, 2.05) is 38.5 Å². The summed E-state index contributed by atoms with van der Waals surface area (Å²) in [5, 5.41) is 2.79. The molecule has 0 unspecified atom stereocenters. The van der Waals surface area contributed by atoms with Gasteiger partial charge in [-0.3, -0.25) is 9.69 Å². The van der Waals surface area contributed by atoms with E-state index in [2.05, 4.69) is 10.3 Å². The Morgan fingerprint density at radius 1 is 1.04 bits per heavy atom. The van der Waals surface area contributed by atoms with Crippen LogP contribution in [0.5, 0.6) is 11.5 Å². The average molecular weight is 664 g/mol. The van der Waals surface area contributed by atoms with E-state index in [1.165, 1.54) is 32.5 Å². The van der Waals surface area contributed by atoms with Gasteiger partial charge in [-0.2, -0.15) is 0 Å². The van der Waals surface area contributed by atoms with Gasteiger partial charge in [0.25, 0.3) is 5.91 Å². The maximum Gasteiger partial charge on any atom is 0.410 e. The van der Waals surface area contributed by atoms with E-state index in [0.717, 1.165) is 0 Å². The van der Waals surface area contributed by atoms with Crippen LogP contribution in [-0.2, 0) is 9.47 Å². The van der Waals surface area contributed by atoms with Crippen LogP contribution in [0, 0.1) is 26.6 Å². The molecule has 11 nitrogen and oxygen atoms in total. The number of amides is 2. The SMILES string of the molecule is COC(=O)c1cc(C(=O)Nc2ncc(OC)cc2C)c(C)cc1O[C@H](C=[N+]1CCN(C(=O)OC(C)(C)C)[C@H](C)C1)c1ccc(C)c(F)c1. The molecule has 1 saturated heterocycles. The largest absolute Gasteiger partial charge is 0.495 e. The lowest BCUT2D eigenvalue weighted by Crippen LogP contribution is -2.52. The average Bonchev–Trinajstić information content (AvgIpc) is 3.01. The number of anilines is 1. The number of aromatic nitrogens is 1. The molecular weight excluding hydrogens is 619 g/mol. The van der Waals surface area contributed by atoms with Gasteiger partial charge in [0, 0.05) is 11.1 Å². The Hall–Kier alpha value is -5.00. The zero-order valence-corrected chi connectivity index (χ0v) is 29.0. The first-order valence-corrected chi connectivity index (χ1v) is 15.7. The Morgan fingerprint density at radius 2 is 1.77 bits per heavy atom. The summed E-state index contributed by atoms with van der Waals surface area (Å²) < 4.78 is 39.2. The summed E-state index contributed by atoms with van der Waals surface area (Å²) in [5.74, 6) is -0.557. The summed E-state index contributed by atoms with van der Waals surface area (Å²) in [6.45, 7) is 13.9. The minimum atomic E-state index is -0.839. The highest BCUT2D eigenvalue weighted by molar-refractivity contribution is 6.07. The van der Waals surface area contributed by atoms with Crippen molar-refractivity contribution in [3.63, 3.8) is 0 Å². The van der Waals surface area contributed by atoms with Crippen LogP contribution >= 0.6 is 0 Å². The number of ether oxygens (including phenoxy) is 4. The Bertz CT molecular complexity index is 1730. The Morgan fingerprint density at radius 3 is 2.38 bits per heavy atom. The van der Waals surface area contributed by atoms with Crippen LogP contribution in [0.4, 0.5) is 15.0 Å². The summed E-state index contributed by atoms with van der Waals surface area (Å²) in [7, 11) is 2.77. The molecule has 0 bridgehead atoms. The van der Waals surface area contributed by atoms with Gasteiger partial charge in [-0.15, -0.1) is 0 Å². The van der Waals surface area contributed by atoms with E-state index in [4.69, 9.17) is 18.9 Å². The van der Waals surface area contributed by atoms with Gasteiger partial charge in [-0.25, -0.2) is 23.5 Å². The fraction of sp³-hybridized carbons (Fsp3) is 0.417. The van der Waals surface area contributed by atoms with Crippen molar-refractivity contribution in [3.8, 4) is 11.5 Å². The summed E-state index contributed by atoms with van der Waals surface area (Å²) in [5.41, 5.74) is 1.81. The van der Waals surface area contributed by atoms with E-state index in [0.29, 0.717) is 53.5 Å². The minimum absolute atomic E-state index is 0.0155. The number of halogens is 1. The normalized spacial score (nSPS) is 16.2. The molecule has 2 atom stereocenters. The number of piperazine rings is 1. The van der Waals surface area contributed by atoms with Gasteiger partial charge in [0.15, 0.2) is 25.4 Å². The van der Waals surface area contributed by atoms with Crippen LogP contribution in [0.2, 0.25) is 0 Å². The molecule has 48 heavy (non-hydrogen) atoms. The molecular formula is C36H44FN4O7+. The van der Waals surface area contributed by atoms with Gasteiger partial charge in [0.05, 0.1) is 33.0 Å². The van der Waals surface area contributed by atoms with Crippen molar-refractivity contribution in [1.82, 2.24) is 9.88 Å². The van der Waals surface area contributed by atoms with Gasteiger partial charge < -0.3 is 24.3 Å². The van der Waals surface area contributed by atoms with Crippen molar-refractivity contribution < 1.29 is 42.3 Å². The molecule has 2 amide bonds. The second kappa shape index (κ2) is 14.8. The number of carbonyl (C=O) groups is 3. The molecule has 4 rings (SSSR count). The molecule has 1 fully saturated rings. The number of aryl methyl sites for hydroxylation is 3. The predicted molar refractivity (Wildman–Crippen MR) is 179 cm³/mol. The molecule has 1 aliphatic rings. The minimum Gasteiger partial charge on any atom is -0.495 e. The third-order valence-corrected chi connectivity index (χ3v) is 7.91. The van der Waals surface area contributed by atoms with Gasteiger partial charge in [0.1, 0.15) is 34.3 Å². The van der Waals surface area contributed by atoms with E-state index in [-0.39, 0.29) is 29.0 Å². The van der Waals surface area contributed by atoms with Crippen molar-refractivity contribution in [1.29, 1.82) is 0 Å². The third-order valence-electron chi connectivity index (χ3n) is 7.91. The number of nitrogens with zero attached hydrogens (tertiary/aromatic N) is 3. The fourth-order valence-electron chi connectivity index (χ4n) is 5.27. The van der Waals surface area contributed by atoms with E-state index in [9.17, 15) is 18.8 Å². The van der Waals surface area contributed by atoms with Crippen LogP contribution in [0.15, 0.2) is 42.6 Å². The summed E-state index contributed by atoms with van der Waals surface area (Å²) in [6.07, 6.45) is 2.09. The molecule has 12 heteroatoms. The zero-order valence-electron chi connectivity index (χ0n) is 29.0. The van der Waals surface area contributed by atoms with E-state index in [1.54, 1.807) is 49.9 Å². The first-order valence-electron chi connectivity index (χ1n) is 15.7. The molecule has 0 spiro atoms. The first kappa shape index (κ1) is 35.8. The molecule has 3 aromatic rings. The topological polar surface area (TPSA) is 119 Å². The summed E-state index contributed by atoms with van der Waals surface area (Å²) in [6, 6.07) is 9.38. The molecule has 0 saturated carbocycles. The van der Waals surface area contributed by atoms with Crippen molar-refractivity contribution in [2.24, 2.45) is 0 Å². The number of hydrogen-bond donors (Lipinski definition) is 1. The second-order valence-electron chi connectivity index (χ2n) is 12.9. The number of rotatable bonds is 8. The smallest absolute Gasteiger partial charge is 0.410 e. The Balaban J connectivity index is 1.68. The Kier molecular flexibility index (Phi) is 11.1. The summed E-state index contributed by atoms with van der Waals surface area (Å²) in [4.78, 5) is 45.2. The maximum atomic E-state index is 14.8.